The molecule has 4 rings (SSSR count). The minimum atomic E-state index is 0.00236. The fourth-order valence-corrected chi connectivity index (χ4v) is 3.73. The van der Waals surface area contributed by atoms with Crippen LogP contribution in [0.25, 0.3) is 0 Å². The van der Waals surface area contributed by atoms with Crippen molar-refractivity contribution < 1.29 is 9.21 Å². The number of nitrogens with zero attached hydrogens (tertiary/aromatic N) is 4. The summed E-state index contributed by atoms with van der Waals surface area (Å²) in [5.41, 5.74) is 1.61. The highest BCUT2D eigenvalue weighted by molar-refractivity contribution is 6.31. The molecule has 1 atom stereocenters. The molecular weight excluding hydrogens is 364 g/mol. The quantitative estimate of drug-likeness (QED) is 0.688. The van der Waals surface area contributed by atoms with Crippen LogP contribution in [-0.2, 0) is 13.5 Å². The molecular formula is C20H21ClN4O2. The summed E-state index contributed by atoms with van der Waals surface area (Å²) in [6.07, 6.45) is 5.90. The average molecular weight is 385 g/mol. The molecule has 0 N–H and O–H groups in total. The van der Waals surface area contributed by atoms with Crippen molar-refractivity contribution in [1.82, 2.24) is 19.7 Å². The molecule has 0 radical (unpaired) electrons. The van der Waals surface area contributed by atoms with Gasteiger partial charge in [0, 0.05) is 37.8 Å². The molecule has 140 valence electrons. The molecule has 0 saturated carbocycles. The summed E-state index contributed by atoms with van der Waals surface area (Å²) < 4.78 is 7.61. The van der Waals surface area contributed by atoms with E-state index in [0.717, 1.165) is 35.7 Å². The third kappa shape index (κ3) is 3.76. The topological polar surface area (TPSA) is 64.2 Å². The van der Waals surface area contributed by atoms with Gasteiger partial charge in [0.05, 0.1) is 12.1 Å². The van der Waals surface area contributed by atoms with Gasteiger partial charge in [0.2, 0.25) is 0 Å². The van der Waals surface area contributed by atoms with Crippen LogP contribution >= 0.6 is 11.6 Å². The number of carbonyl (C=O) groups is 1. The van der Waals surface area contributed by atoms with Gasteiger partial charge in [0.1, 0.15) is 11.5 Å². The minimum absolute atomic E-state index is 0.00236. The third-order valence-electron chi connectivity index (χ3n) is 4.99. The van der Waals surface area contributed by atoms with Crippen molar-refractivity contribution in [3.63, 3.8) is 0 Å². The Morgan fingerprint density at radius 2 is 2.19 bits per heavy atom. The van der Waals surface area contributed by atoms with Crippen LogP contribution in [0.1, 0.15) is 46.5 Å². The monoisotopic (exact) mass is 384 g/mol. The molecule has 3 aromatic rings. The Morgan fingerprint density at radius 3 is 2.96 bits per heavy atom. The van der Waals surface area contributed by atoms with Crippen LogP contribution in [0.5, 0.6) is 0 Å². The van der Waals surface area contributed by atoms with Gasteiger partial charge >= 0.3 is 0 Å². The lowest BCUT2D eigenvalue weighted by atomic mass is 9.97. The van der Waals surface area contributed by atoms with Crippen LogP contribution in [0, 0.1) is 0 Å². The number of rotatable bonds is 4. The molecule has 0 bridgehead atoms. The van der Waals surface area contributed by atoms with Gasteiger partial charge in [0.25, 0.3) is 5.91 Å². The lowest BCUT2D eigenvalue weighted by molar-refractivity contribution is 0.0686. The number of piperidine rings is 1. The zero-order valence-corrected chi connectivity index (χ0v) is 15.9. The first kappa shape index (κ1) is 17.8. The molecule has 1 amide bonds. The Morgan fingerprint density at radius 1 is 1.33 bits per heavy atom. The first-order valence-corrected chi connectivity index (χ1v) is 9.45. The Hall–Kier alpha value is -2.60. The van der Waals surface area contributed by atoms with E-state index in [1.807, 2.05) is 29.2 Å². The zero-order valence-electron chi connectivity index (χ0n) is 15.1. The minimum Gasteiger partial charge on any atom is -0.445 e. The predicted molar refractivity (Wildman–Crippen MR) is 102 cm³/mol. The van der Waals surface area contributed by atoms with E-state index in [1.165, 1.54) is 0 Å². The van der Waals surface area contributed by atoms with Crippen molar-refractivity contribution in [3.8, 4) is 0 Å². The zero-order chi connectivity index (χ0) is 18.8. The lowest BCUT2D eigenvalue weighted by Crippen LogP contribution is -2.40. The molecule has 27 heavy (non-hydrogen) atoms. The number of likely N-dealkylation sites (tertiary alicyclic amines) is 1. The van der Waals surface area contributed by atoms with E-state index in [1.54, 1.807) is 30.2 Å². The van der Waals surface area contributed by atoms with Gasteiger partial charge < -0.3 is 9.32 Å². The molecule has 1 aliphatic rings. The van der Waals surface area contributed by atoms with Gasteiger partial charge in [-0.2, -0.15) is 5.10 Å². The standard InChI is InChI=1S/C20H21ClN4O2/c1-24-18(8-9-23-24)20(26)25-10-4-6-15(13-25)19-22-12-16(27-19)11-14-5-2-3-7-17(14)21/h2-3,5,7-9,12,15H,4,6,10-11,13H2,1H3. The summed E-state index contributed by atoms with van der Waals surface area (Å²) in [5, 5.41) is 4.81. The van der Waals surface area contributed by atoms with Crippen LogP contribution < -0.4 is 0 Å². The number of hydrogen-bond donors (Lipinski definition) is 0. The van der Waals surface area contributed by atoms with E-state index in [9.17, 15) is 4.79 Å². The largest absolute Gasteiger partial charge is 0.445 e. The fourth-order valence-electron chi connectivity index (χ4n) is 3.53. The van der Waals surface area contributed by atoms with Gasteiger partial charge in [-0.15, -0.1) is 0 Å². The number of benzene rings is 1. The van der Waals surface area contributed by atoms with Crippen molar-refractivity contribution in [3.05, 3.63) is 70.7 Å². The van der Waals surface area contributed by atoms with E-state index >= 15 is 0 Å². The fraction of sp³-hybridized carbons (Fsp3) is 0.350. The number of aromatic nitrogens is 3. The number of carbonyl (C=O) groups excluding carboxylic acids is 1. The van der Waals surface area contributed by atoms with Crippen LogP contribution in [0.3, 0.4) is 0 Å². The molecule has 0 spiro atoms. The lowest BCUT2D eigenvalue weighted by Gasteiger charge is -2.31. The molecule has 2 aromatic heterocycles. The normalized spacial score (nSPS) is 17.3. The smallest absolute Gasteiger partial charge is 0.272 e. The SMILES string of the molecule is Cn1nccc1C(=O)N1CCCC(c2ncc(Cc3ccccc3Cl)o2)C1. The van der Waals surface area contributed by atoms with Crippen LogP contribution in [0.15, 0.2) is 47.1 Å². The van der Waals surface area contributed by atoms with Gasteiger partial charge in [-0.05, 0) is 30.5 Å². The maximum Gasteiger partial charge on any atom is 0.272 e. The highest BCUT2D eigenvalue weighted by atomic mass is 35.5. The van der Waals surface area contributed by atoms with Gasteiger partial charge in [-0.25, -0.2) is 4.98 Å². The Balaban J connectivity index is 1.46. The van der Waals surface area contributed by atoms with Gasteiger partial charge in [-0.3, -0.25) is 9.48 Å². The maximum absolute atomic E-state index is 12.7. The molecule has 3 heterocycles. The number of halogens is 1. The summed E-state index contributed by atoms with van der Waals surface area (Å²) in [4.78, 5) is 19.1. The van der Waals surface area contributed by atoms with E-state index in [0.29, 0.717) is 24.6 Å². The maximum atomic E-state index is 12.7. The predicted octanol–water partition coefficient (Wildman–Crippen LogP) is 3.67. The van der Waals surface area contributed by atoms with Crippen LogP contribution in [0.2, 0.25) is 5.02 Å². The summed E-state index contributed by atoms with van der Waals surface area (Å²) in [5.74, 6) is 1.59. The van der Waals surface area contributed by atoms with Gasteiger partial charge in [0.15, 0.2) is 5.89 Å². The van der Waals surface area contributed by atoms with E-state index in [-0.39, 0.29) is 11.8 Å². The number of aryl methyl sites for hydroxylation is 1. The van der Waals surface area contributed by atoms with Crippen molar-refractivity contribution in [2.45, 2.75) is 25.2 Å². The molecule has 1 fully saturated rings. The van der Waals surface area contributed by atoms with E-state index < -0.39 is 0 Å². The second-order valence-electron chi connectivity index (χ2n) is 6.86. The first-order chi connectivity index (χ1) is 13.1. The molecule has 6 nitrogen and oxygen atoms in total. The van der Waals surface area contributed by atoms with Crippen molar-refractivity contribution in [2.75, 3.05) is 13.1 Å². The highest BCUT2D eigenvalue weighted by Crippen LogP contribution is 2.28. The Labute approximate surface area is 162 Å². The summed E-state index contributed by atoms with van der Waals surface area (Å²) in [6, 6.07) is 9.48. The molecule has 0 aliphatic carbocycles. The molecule has 1 aliphatic heterocycles. The summed E-state index contributed by atoms with van der Waals surface area (Å²) in [7, 11) is 1.78. The van der Waals surface area contributed by atoms with Crippen molar-refractivity contribution in [1.29, 1.82) is 0 Å². The first-order valence-electron chi connectivity index (χ1n) is 9.07. The highest BCUT2D eigenvalue weighted by Gasteiger charge is 2.29. The van der Waals surface area contributed by atoms with Crippen molar-refractivity contribution in [2.24, 2.45) is 7.05 Å². The van der Waals surface area contributed by atoms with Crippen LogP contribution in [0.4, 0.5) is 0 Å². The molecule has 1 saturated heterocycles. The summed E-state index contributed by atoms with van der Waals surface area (Å²) in [6.45, 7) is 1.35. The second kappa shape index (κ2) is 7.56. The van der Waals surface area contributed by atoms with Crippen LogP contribution in [-0.4, -0.2) is 38.7 Å². The summed E-state index contributed by atoms with van der Waals surface area (Å²) >= 11 is 6.23. The molecule has 1 unspecified atom stereocenters. The van der Waals surface area contributed by atoms with Gasteiger partial charge in [-0.1, -0.05) is 29.8 Å². The third-order valence-corrected chi connectivity index (χ3v) is 5.36. The average Bonchev–Trinajstić information content (AvgIpc) is 3.32. The molecule has 1 aromatic carbocycles. The number of amides is 1. The van der Waals surface area contributed by atoms with Crippen molar-refractivity contribution >= 4 is 17.5 Å². The van der Waals surface area contributed by atoms with E-state index in [4.69, 9.17) is 16.0 Å². The number of oxazole rings is 1. The Kier molecular flexibility index (Phi) is 4.99. The second-order valence-corrected chi connectivity index (χ2v) is 7.27. The van der Waals surface area contributed by atoms with E-state index in [2.05, 4.69) is 10.1 Å². The Bertz CT molecular complexity index is 949. The number of hydrogen-bond acceptors (Lipinski definition) is 4. The molecule has 7 heteroatoms.